The van der Waals surface area contributed by atoms with Gasteiger partial charge in [0.25, 0.3) is 0 Å². The Bertz CT molecular complexity index is 347. The van der Waals surface area contributed by atoms with Crippen LogP contribution in [0.4, 0.5) is 5.69 Å². The number of anilines is 1. The number of hydrogen-bond donors (Lipinski definition) is 1. The van der Waals surface area contributed by atoms with Crippen LogP contribution >= 0.6 is 0 Å². The molecule has 0 saturated carbocycles. The summed E-state index contributed by atoms with van der Waals surface area (Å²) < 4.78 is 0. The lowest BCUT2D eigenvalue weighted by molar-refractivity contribution is 0.590. The minimum absolute atomic E-state index is 0.230. The molecule has 0 spiro atoms. The molecule has 1 aromatic rings. The molecule has 0 aliphatic carbocycles. The predicted molar refractivity (Wildman–Crippen MR) is 77.9 cm³/mol. The molecule has 0 heterocycles. The average molecular weight is 233 g/mol. The van der Waals surface area contributed by atoms with E-state index in [0.717, 1.165) is 13.0 Å². The van der Waals surface area contributed by atoms with Crippen molar-refractivity contribution in [3.8, 4) is 0 Å². The zero-order chi connectivity index (χ0) is 12.9. The van der Waals surface area contributed by atoms with Crippen molar-refractivity contribution in [3.05, 3.63) is 29.3 Å². The Morgan fingerprint density at radius 2 is 1.82 bits per heavy atom. The highest BCUT2D eigenvalue weighted by Crippen LogP contribution is 2.27. The van der Waals surface area contributed by atoms with Gasteiger partial charge in [0.05, 0.1) is 0 Å². The van der Waals surface area contributed by atoms with Crippen molar-refractivity contribution in [2.24, 2.45) is 0 Å². The molecule has 1 aromatic carbocycles. The van der Waals surface area contributed by atoms with Crippen molar-refractivity contribution >= 4 is 5.69 Å². The van der Waals surface area contributed by atoms with Gasteiger partial charge < -0.3 is 5.32 Å². The Balaban J connectivity index is 2.90. The first-order valence-electron chi connectivity index (χ1n) is 6.86. The minimum Gasteiger partial charge on any atom is -0.385 e. The summed E-state index contributed by atoms with van der Waals surface area (Å²) in [5, 5.41) is 3.58. The highest BCUT2D eigenvalue weighted by molar-refractivity contribution is 5.54. The van der Waals surface area contributed by atoms with E-state index in [1.807, 2.05) is 0 Å². The Morgan fingerprint density at radius 1 is 1.12 bits per heavy atom. The molecule has 1 rings (SSSR count). The summed E-state index contributed by atoms with van der Waals surface area (Å²) in [4.78, 5) is 0. The normalized spacial score (nSPS) is 11.6. The molecule has 0 saturated heterocycles. The Kier molecular flexibility index (Phi) is 5.04. The van der Waals surface area contributed by atoms with Gasteiger partial charge in [0.1, 0.15) is 0 Å². The van der Waals surface area contributed by atoms with Crippen molar-refractivity contribution in [2.45, 2.75) is 59.3 Å². The van der Waals surface area contributed by atoms with Crippen LogP contribution < -0.4 is 5.32 Å². The molecule has 1 heteroatoms. The van der Waals surface area contributed by atoms with Crippen molar-refractivity contribution in [2.75, 3.05) is 11.9 Å². The number of rotatable bonds is 5. The van der Waals surface area contributed by atoms with Gasteiger partial charge in [0.15, 0.2) is 0 Å². The third-order valence-electron chi connectivity index (χ3n) is 3.20. The summed E-state index contributed by atoms with van der Waals surface area (Å²) in [6.07, 6.45) is 3.58. The molecule has 0 aliphatic rings. The summed E-state index contributed by atoms with van der Waals surface area (Å²) in [6, 6.07) is 6.87. The molecule has 0 bridgehead atoms. The van der Waals surface area contributed by atoms with Crippen LogP contribution in [0.15, 0.2) is 18.2 Å². The van der Waals surface area contributed by atoms with Crippen molar-refractivity contribution in [3.63, 3.8) is 0 Å². The minimum atomic E-state index is 0.230. The molecule has 0 fully saturated rings. The highest BCUT2D eigenvalue weighted by Gasteiger charge is 2.14. The van der Waals surface area contributed by atoms with Crippen LogP contribution in [-0.2, 0) is 11.8 Å². The maximum atomic E-state index is 3.58. The molecular formula is C16H27N. The van der Waals surface area contributed by atoms with Gasteiger partial charge in [-0.3, -0.25) is 0 Å². The van der Waals surface area contributed by atoms with E-state index in [1.54, 1.807) is 0 Å². The van der Waals surface area contributed by atoms with E-state index in [9.17, 15) is 0 Å². The highest BCUT2D eigenvalue weighted by atomic mass is 14.9. The first-order valence-corrected chi connectivity index (χ1v) is 6.86. The Morgan fingerprint density at radius 3 is 2.35 bits per heavy atom. The van der Waals surface area contributed by atoms with E-state index >= 15 is 0 Å². The second kappa shape index (κ2) is 6.09. The van der Waals surface area contributed by atoms with E-state index in [-0.39, 0.29) is 5.41 Å². The van der Waals surface area contributed by atoms with E-state index in [4.69, 9.17) is 0 Å². The largest absolute Gasteiger partial charge is 0.385 e. The molecule has 1 nitrogen and oxygen atoms in total. The summed E-state index contributed by atoms with van der Waals surface area (Å²) in [7, 11) is 0. The van der Waals surface area contributed by atoms with Crippen LogP contribution in [0.3, 0.4) is 0 Å². The van der Waals surface area contributed by atoms with Crippen LogP contribution in [0.1, 0.15) is 58.6 Å². The van der Waals surface area contributed by atoms with Gasteiger partial charge in [-0.05, 0) is 35.4 Å². The number of unbranched alkanes of at least 4 members (excludes halogenated alkanes) is 1. The summed E-state index contributed by atoms with van der Waals surface area (Å²) in [5.41, 5.74) is 4.39. The van der Waals surface area contributed by atoms with E-state index in [2.05, 4.69) is 58.1 Å². The zero-order valence-electron chi connectivity index (χ0n) is 12.1. The molecule has 96 valence electrons. The standard InChI is InChI=1S/C16H27N/c1-6-8-11-17-15-12-14(16(3,4)5)10-9-13(15)7-2/h9-10,12,17H,6-8,11H2,1-5H3. The number of nitrogens with one attached hydrogen (secondary N) is 1. The summed E-state index contributed by atoms with van der Waals surface area (Å²) in [5.74, 6) is 0. The van der Waals surface area contributed by atoms with Gasteiger partial charge >= 0.3 is 0 Å². The van der Waals surface area contributed by atoms with Gasteiger partial charge in [-0.2, -0.15) is 0 Å². The fraction of sp³-hybridized carbons (Fsp3) is 0.625. The van der Waals surface area contributed by atoms with Crippen molar-refractivity contribution in [1.82, 2.24) is 0 Å². The fourth-order valence-corrected chi connectivity index (χ4v) is 1.92. The van der Waals surface area contributed by atoms with Gasteiger partial charge in [0, 0.05) is 12.2 Å². The first-order chi connectivity index (χ1) is 7.99. The number of benzene rings is 1. The van der Waals surface area contributed by atoms with Crippen LogP contribution in [0.5, 0.6) is 0 Å². The molecule has 0 radical (unpaired) electrons. The zero-order valence-corrected chi connectivity index (χ0v) is 12.1. The van der Waals surface area contributed by atoms with Crippen LogP contribution in [-0.4, -0.2) is 6.54 Å². The maximum Gasteiger partial charge on any atom is 0.0375 e. The summed E-state index contributed by atoms with van der Waals surface area (Å²) in [6.45, 7) is 12.3. The average Bonchev–Trinajstić information content (AvgIpc) is 2.28. The van der Waals surface area contributed by atoms with Crippen LogP contribution in [0, 0.1) is 0 Å². The SMILES string of the molecule is CCCCNc1cc(C(C)(C)C)ccc1CC. The van der Waals surface area contributed by atoms with Gasteiger partial charge in [-0.15, -0.1) is 0 Å². The third-order valence-corrected chi connectivity index (χ3v) is 3.20. The van der Waals surface area contributed by atoms with Gasteiger partial charge in [-0.25, -0.2) is 0 Å². The monoisotopic (exact) mass is 233 g/mol. The van der Waals surface area contributed by atoms with Crippen LogP contribution in [0.2, 0.25) is 0 Å². The second-order valence-electron chi connectivity index (χ2n) is 5.76. The maximum absolute atomic E-state index is 3.58. The lowest BCUT2D eigenvalue weighted by Crippen LogP contribution is -2.12. The van der Waals surface area contributed by atoms with Gasteiger partial charge in [0.2, 0.25) is 0 Å². The number of hydrogen-bond acceptors (Lipinski definition) is 1. The molecule has 0 aliphatic heterocycles. The molecule has 1 N–H and O–H groups in total. The second-order valence-corrected chi connectivity index (χ2v) is 5.76. The first kappa shape index (κ1) is 14.1. The molecular weight excluding hydrogens is 206 g/mol. The van der Waals surface area contributed by atoms with Crippen LogP contribution in [0.25, 0.3) is 0 Å². The van der Waals surface area contributed by atoms with Gasteiger partial charge in [-0.1, -0.05) is 53.2 Å². The smallest absolute Gasteiger partial charge is 0.0375 e. The lowest BCUT2D eigenvalue weighted by Gasteiger charge is -2.21. The quantitative estimate of drug-likeness (QED) is 0.723. The molecule has 0 unspecified atom stereocenters. The van der Waals surface area contributed by atoms with E-state index in [0.29, 0.717) is 0 Å². The van der Waals surface area contributed by atoms with E-state index in [1.165, 1.54) is 29.7 Å². The topological polar surface area (TPSA) is 12.0 Å². The molecule has 0 amide bonds. The Labute approximate surface area is 107 Å². The predicted octanol–water partition coefficient (Wildman–Crippen LogP) is 4.76. The Hall–Kier alpha value is -0.980. The molecule has 0 aromatic heterocycles. The van der Waals surface area contributed by atoms with Crippen molar-refractivity contribution < 1.29 is 0 Å². The fourth-order valence-electron chi connectivity index (χ4n) is 1.92. The lowest BCUT2D eigenvalue weighted by atomic mass is 9.86. The molecule has 0 atom stereocenters. The van der Waals surface area contributed by atoms with Crippen molar-refractivity contribution in [1.29, 1.82) is 0 Å². The molecule has 17 heavy (non-hydrogen) atoms. The number of aryl methyl sites for hydroxylation is 1. The third kappa shape index (κ3) is 4.07. The summed E-state index contributed by atoms with van der Waals surface area (Å²) >= 11 is 0. The van der Waals surface area contributed by atoms with E-state index < -0.39 is 0 Å².